The van der Waals surface area contributed by atoms with Gasteiger partial charge in [0.1, 0.15) is 17.8 Å². The van der Waals surface area contributed by atoms with Gasteiger partial charge in [-0.3, -0.25) is 29.5 Å². The van der Waals surface area contributed by atoms with Gasteiger partial charge in [0.15, 0.2) is 0 Å². The highest BCUT2D eigenvalue weighted by atomic mass is 33.1. The number of para-hydroxylation sites is 1. The van der Waals surface area contributed by atoms with E-state index < -0.39 is 40.0 Å². The Bertz CT molecular complexity index is 1480. The molecule has 4 N–H and O–H groups in total. The van der Waals surface area contributed by atoms with Gasteiger partial charge in [-0.05, 0) is 59.7 Å². The van der Waals surface area contributed by atoms with Crippen LogP contribution in [0.2, 0.25) is 0 Å². The van der Waals surface area contributed by atoms with Crippen molar-refractivity contribution in [1.29, 1.82) is 0 Å². The molecule has 0 bridgehead atoms. The van der Waals surface area contributed by atoms with Crippen LogP contribution >= 0.6 is 21.6 Å². The van der Waals surface area contributed by atoms with E-state index in [0.717, 1.165) is 27.2 Å². The van der Waals surface area contributed by atoms with E-state index in [-0.39, 0.29) is 49.0 Å². The number of amides is 3. The van der Waals surface area contributed by atoms with Gasteiger partial charge in [0.05, 0.1) is 15.1 Å². The number of nitro benzene ring substituents is 1. The molecular formula is C32H37N5O7S2. The van der Waals surface area contributed by atoms with E-state index in [2.05, 4.69) is 20.9 Å². The maximum atomic E-state index is 13.7. The number of carbonyl (C=O) groups excluding carboxylic acids is 3. The molecule has 244 valence electrons. The van der Waals surface area contributed by atoms with Crippen LogP contribution in [0.25, 0.3) is 0 Å². The van der Waals surface area contributed by atoms with Crippen molar-refractivity contribution in [2.24, 2.45) is 5.92 Å². The number of nitrogens with zero attached hydrogens (tertiary/aromatic N) is 2. The van der Waals surface area contributed by atoms with Crippen molar-refractivity contribution in [3.8, 4) is 0 Å². The van der Waals surface area contributed by atoms with Crippen LogP contribution in [-0.2, 0) is 20.8 Å². The lowest BCUT2D eigenvalue weighted by molar-refractivity contribution is -0.387. The van der Waals surface area contributed by atoms with Crippen molar-refractivity contribution in [3.63, 3.8) is 0 Å². The van der Waals surface area contributed by atoms with Crippen molar-refractivity contribution < 1.29 is 29.2 Å². The summed E-state index contributed by atoms with van der Waals surface area (Å²) >= 11 is 0. The molecule has 46 heavy (non-hydrogen) atoms. The van der Waals surface area contributed by atoms with E-state index in [4.69, 9.17) is 0 Å². The molecule has 0 radical (unpaired) electrons. The summed E-state index contributed by atoms with van der Waals surface area (Å²) in [5, 5.41) is 28.7. The maximum absolute atomic E-state index is 13.7. The monoisotopic (exact) mass is 667 g/mol. The van der Waals surface area contributed by atoms with Crippen molar-refractivity contribution >= 4 is 51.0 Å². The molecule has 0 saturated carbocycles. The summed E-state index contributed by atoms with van der Waals surface area (Å²) in [6.45, 7) is 4.00. The minimum absolute atomic E-state index is 0.0114. The van der Waals surface area contributed by atoms with Crippen LogP contribution in [0.5, 0.6) is 0 Å². The molecule has 0 aliphatic rings. The number of aromatic nitrogens is 1. The third-order valence-corrected chi connectivity index (χ3v) is 9.50. The first-order chi connectivity index (χ1) is 22.0. The Morgan fingerprint density at radius 3 is 2.24 bits per heavy atom. The van der Waals surface area contributed by atoms with Crippen LogP contribution < -0.4 is 16.0 Å². The molecule has 3 aromatic rings. The number of pyridine rings is 1. The summed E-state index contributed by atoms with van der Waals surface area (Å²) in [6, 6.07) is 17.8. The smallest absolute Gasteiger partial charge is 0.326 e. The van der Waals surface area contributed by atoms with Gasteiger partial charge >= 0.3 is 5.97 Å². The zero-order valence-corrected chi connectivity index (χ0v) is 27.1. The Balaban J connectivity index is 1.72. The third kappa shape index (κ3) is 11.8. The fourth-order valence-corrected chi connectivity index (χ4v) is 7.01. The molecule has 3 amide bonds. The zero-order chi connectivity index (χ0) is 33.5. The van der Waals surface area contributed by atoms with E-state index >= 15 is 0 Å². The van der Waals surface area contributed by atoms with E-state index in [1.807, 2.05) is 19.9 Å². The fraction of sp³-hybridized carbons (Fsp3) is 0.344. The number of carbonyl (C=O) groups is 4. The number of benzene rings is 2. The van der Waals surface area contributed by atoms with E-state index in [1.165, 1.54) is 12.3 Å². The molecule has 0 fully saturated rings. The van der Waals surface area contributed by atoms with Crippen LogP contribution in [0, 0.1) is 16.0 Å². The first-order valence-electron chi connectivity index (χ1n) is 14.7. The van der Waals surface area contributed by atoms with E-state index in [9.17, 15) is 34.4 Å². The standard InChI is InChI=1S/C32H37N5O7S2/c1-21(2)19-24(30(39)36-25(32(41)42)20-22-11-4-3-5-12-22)35-31(40)28(46-45-27-15-7-6-14-26(27)37(43)44)16-10-18-34-29(38)23-13-8-9-17-33-23/h3-9,11-15,17,21,24-25,28H,10,16,18-20H2,1-2H3,(H,34,38)(H,35,40)(H,36,39)(H,41,42)/t24-,25-,28?/m0/s1. The van der Waals surface area contributed by atoms with Gasteiger partial charge in [-0.2, -0.15) is 0 Å². The number of hydrogen-bond acceptors (Lipinski definition) is 9. The Morgan fingerprint density at radius 1 is 0.913 bits per heavy atom. The average molecular weight is 668 g/mol. The summed E-state index contributed by atoms with van der Waals surface area (Å²) in [6.07, 6.45) is 2.49. The summed E-state index contributed by atoms with van der Waals surface area (Å²) in [7, 11) is 2.19. The third-order valence-electron chi connectivity index (χ3n) is 6.67. The van der Waals surface area contributed by atoms with Crippen molar-refractivity contribution in [3.05, 3.63) is 100 Å². The van der Waals surface area contributed by atoms with Gasteiger partial charge in [-0.25, -0.2) is 4.79 Å². The zero-order valence-electron chi connectivity index (χ0n) is 25.5. The number of rotatable bonds is 18. The Morgan fingerprint density at radius 2 is 1.59 bits per heavy atom. The lowest BCUT2D eigenvalue weighted by Crippen LogP contribution is -2.53. The largest absolute Gasteiger partial charge is 0.480 e. The normalized spacial score (nSPS) is 12.8. The molecule has 0 aliphatic heterocycles. The fourth-order valence-electron chi connectivity index (χ4n) is 4.38. The van der Waals surface area contributed by atoms with Crippen molar-refractivity contribution in [2.75, 3.05) is 6.54 Å². The molecule has 1 heterocycles. The summed E-state index contributed by atoms with van der Waals surface area (Å²) in [5.41, 5.74) is 0.892. The molecule has 0 aliphatic carbocycles. The molecule has 1 aromatic heterocycles. The Hall–Kier alpha value is -4.43. The summed E-state index contributed by atoms with van der Waals surface area (Å²) in [4.78, 5) is 66.9. The predicted octanol–water partition coefficient (Wildman–Crippen LogP) is 4.65. The number of aliphatic carboxylic acids is 1. The molecule has 0 spiro atoms. The molecule has 3 rings (SSSR count). The van der Waals surface area contributed by atoms with Crippen molar-refractivity contribution in [2.45, 2.75) is 61.8 Å². The lowest BCUT2D eigenvalue weighted by atomic mass is 10.0. The van der Waals surface area contributed by atoms with Gasteiger partial charge in [-0.15, -0.1) is 0 Å². The van der Waals surface area contributed by atoms with Gasteiger partial charge in [-0.1, -0.05) is 73.2 Å². The van der Waals surface area contributed by atoms with Crippen LogP contribution in [0.1, 0.15) is 49.2 Å². The van der Waals surface area contributed by atoms with Gasteiger partial charge in [0.2, 0.25) is 11.8 Å². The second-order valence-electron chi connectivity index (χ2n) is 10.8. The number of carboxylic acids is 1. The first kappa shape index (κ1) is 36.0. The predicted molar refractivity (Wildman–Crippen MR) is 177 cm³/mol. The molecule has 14 heteroatoms. The second-order valence-corrected chi connectivity index (χ2v) is 13.2. The molecule has 0 saturated heterocycles. The van der Waals surface area contributed by atoms with Gasteiger partial charge < -0.3 is 21.1 Å². The van der Waals surface area contributed by atoms with Crippen LogP contribution in [-0.4, -0.2) is 62.6 Å². The minimum Gasteiger partial charge on any atom is -0.480 e. The summed E-state index contributed by atoms with van der Waals surface area (Å²) in [5.74, 6) is -2.68. The van der Waals surface area contributed by atoms with E-state index in [1.54, 1.807) is 60.7 Å². The molecular weight excluding hydrogens is 631 g/mol. The van der Waals surface area contributed by atoms with Gasteiger partial charge in [0.25, 0.3) is 11.6 Å². The lowest BCUT2D eigenvalue weighted by Gasteiger charge is -2.25. The number of hydrogen-bond donors (Lipinski definition) is 4. The van der Waals surface area contributed by atoms with Gasteiger partial charge in [0, 0.05) is 25.2 Å². The van der Waals surface area contributed by atoms with E-state index in [0.29, 0.717) is 11.3 Å². The SMILES string of the molecule is CC(C)C[C@H](NC(=O)C(CCCNC(=O)c1ccccn1)SSc1ccccc1[N+](=O)[O-])C(=O)N[C@@H](Cc1ccccc1)C(=O)O. The quantitative estimate of drug-likeness (QED) is 0.0645. The van der Waals surface area contributed by atoms with Crippen LogP contribution in [0.3, 0.4) is 0 Å². The molecule has 3 atom stereocenters. The molecule has 12 nitrogen and oxygen atoms in total. The number of nitrogens with one attached hydrogen (secondary N) is 3. The number of carboxylic acid groups (broad SMARTS) is 1. The topological polar surface area (TPSA) is 181 Å². The highest BCUT2D eigenvalue weighted by Gasteiger charge is 2.30. The Labute approximate surface area is 275 Å². The Kier molecular flexibility index (Phi) is 14.5. The highest BCUT2D eigenvalue weighted by molar-refractivity contribution is 8.77. The molecule has 1 unspecified atom stereocenters. The van der Waals surface area contributed by atoms with Crippen LogP contribution in [0.4, 0.5) is 5.69 Å². The average Bonchev–Trinajstić information content (AvgIpc) is 3.04. The maximum Gasteiger partial charge on any atom is 0.326 e. The second kappa shape index (κ2) is 18.5. The molecule has 2 aromatic carbocycles. The van der Waals surface area contributed by atoms with Crippen molar-refractivity contribution in [1.82, 2.24) is 20.9 Å². The first-order valence-corrected chi connectivity index (χ1v) is 16.9. The van der Waals surface area contributed by atoms with Crippen LogP contribution in [0.15, 0.2) is 83.9 Å². The number of nitro groups is 1. The minimum atomic E-state index is -1.21. The highest BCUT2D eigenvalue weighted by Crippen LogP contribution is 2.40. The summed E-state index contributed by atoms with van der Waals surface area (Å²) < 4.78 is 0.